The van der Waals surface area contributed by atoms with Gasteiger partial charge in [-0.1, -0.05) is 35.4 Å². The van der Waals surface area contributed by atoms with E-state index in [-0.39, 0.29) is 11.8 Å². The molecule has 1 N–H and O–H groups in total. The molecular formula is C9H15BrO2. The number of hydrogen-bond acceptors (Lipinski definition) is 1. The van der Waals surface area contributed by atoms with Gasteiger partial charge in [0.15, 0.2) is 0 Å². The standard InChI is InChI=1S/C9H15BrO2/c1-6(2)8(9(11)12)4-7(3)5-10/h5-6,8H,4H2,1-3H3,(H,11,12)/b7-5+. The van der Waals surface area contributed by atoms with Gasteiger partial charge in [0, 0.05) is 0 Å². The molecule has 12 heavy (non-hydrogen) atoms. The molecule has 0 aromatic carbocycles. The third kappa shape index (κ3) is 3.90. The van der Waals surface area contributed by atoms with E-state index < -0.39 is 5.97 Å². The Morgan fingerprint density at radius 3 is 2.33 bits per heavy atom. The number of carboxylic acid groups (broad SMARTS) is 1. The van der Waals surface area contributed by atoms with E-state index in [9.17, 15) is 4.79 Å². The Morgan fingerprint density at radius 2 is 2.08 bits per heavy atom. The minimum absolute atomic E-state index is 0.185. The van der Waals surface area contributed by atoms with Crippen molar-refractivity contribution in [3.05, 3.63) is 10.6 Å². The summed E-state index contributed by atoms with van der Waals surface area (Å²) in [7, 11) is 0. The highest BCUT2D eigenvalue weighted by Gasteiger charge is 2.21. The highest BCUT2D eigenvalue weighted by atomic mass is 79.9. The van der Waals surface area contributed by atoms with Gasteiger partial charge in [0.25, 0.3) is 0 Å². The Bertz CT molecular complexity index is 185. The molecule has 0 amide bonds. The average Bonchev–Trinajstić information content (AvgIpc) is 1.98. The van der Waals surface area contributed by atoms with Gasteiger partial charge in [0.1, 0.15) is 0 Å². The van der Waals surface area contributed by atoms with Crippen LogP contribution in [0.15, 0.2) is 10.6 Å². The zero-order valence-electron chi connectivity index (χ0n) is 7.67. The van der Waals surface area contributed by atoms with Crippen LogP contribution in [0.2, 0.25) is 0 Å². The Labute approximate surface area is 81.8 Å². The predicted molar refractivity (Wildman–Crippen MR) is 53.3 cm³/mol. The molecule has 0 aromatic rings. The van der Waals surface area contributed by atoms with Gasteiger partial charge >= 0.3 is 5.97 Å². The number of rotatable bonds is 4. The molecule has 0 rings (SSSR count). The fourth-order valence-corrected chi connectivity index (χ4v) is 1.19. The molecule has 0 radical (unpaired) electrons. The zero-order chi connectivity index (χ0) is 9.72. The van der Waals surface area contributed by atoms with Gasteiger partial charge in [-0.2, -0.15) is 0 Å². The highest BCUT2D eigenvalue weighted by Crippen LogP contribution is 2.20. The van der Waals surface area contributed by atoms with Crippen LogP contribution < -0.4 is 0 Å². The Kier molecular flexibility index (Phi) is 5.22. The van der Waals surface area contributed by atoms with E-state index in [1.54, 1.807) is 4.99 Å². The van der Waals surface area contributed by atoms with Crippen LogP contribution in [0.4, 0.5) is 0 Å². The van der Waals surface area contributed by atoms with E-state index in [1.807, 2.05) is 20.8 Å². The molecule has 3 heteroatoms. The first-order valence-electron chi connectivity index (χ1n) is 3.97. The van der Waals surface area contributed by atoms with E-state index in [1.165, 1.54) is 0 Å². The second-order valence-electron chi connectivity index (χ2n) is 3.35. The van der Waals surface area contributed by atoms with Gasteiger partial charge in [-0.25, -0.2) is 0 Å². The van der Waals surface area contributed by atoms with Crippen LogP contribution in [0.1, 0.15) is 27.2 Å². The summed E-state index contributed by atoms with van der Waals surface area (Å²) < 4.78 is 0. The molecule has 0 saturated carbocycles. The van der Waals surface area contributed by atoms with Crippen LogP contribution in [0.5, 0.6) is 0 Å². The zero-order valence-corrected chi connectivity index (χ0v) is 9.26. The smallest absolute Gasteiger partial charge is 0.307 e. The first kappa shape index (κ1) is 11.7. The van der Waals surface area contributed by atoms with Gasteiger partial charge in [-0.15, -0.1) is 0 Å². The maximum Gasteiger partial charge on any atom is 0.307 e. The minimum atomic E-state index is -0.710. The number of halogens is 1. The van der Waals surface area contributed by atoms with Crippen molar-refractivity contribution in [1.82, 2.24) is 0 Å². The fraction of sp³-hybridized carbons (Fsp3) is 0.667. The monoisotopic (exact) mass is 234 g/mol. The molecule has 0 aliphatic rings. The van der Waals surface area contributed by atoms with Gasteiger partial charge in [-0.05, 0) is 24.2 Å². The number of allylic oxidation sites excluding steroid dienone is 1. The quantitative estimate of drug-likeness (QED) is 0.813. The van der Waals surface area contributed by atoms with Gasteiger partial charge in [0.2, 0.25) is 0 Å². The largest absolute Gasteiger partial charge is 0.481 e. The molecule has 0 saturated heterocycles. The lowest BCUT2D eigenvalue weighted by molar-refractivity contribution is -0.143. The van der Waals surface area contributed by atoms with E-state index in [0.717, 1.165) is 5.57 Å². The van der Waals surface area contributed by atoms with Crippen LogP contribution in [-0.2, 0) is 4.79 Å². The molecule has 0 fully saturated rings. The summed E-state index contributed by atoms with van der Waals surface area (Å²) in [6, 6.07) is 0. The maximum atomic E-state index is 10.7. The molecule has 0 aliphatic carbocycles. The molecule has 70 valence electrons. The molecule has 2 nitrogen and oxygen atoms in total. The maximum absolute atomic E-state index is 10.7. The second kappa shape index (κ2) is 5.36. The summed E-state index contributed by atoms with van der Waals surface area (Å²) in [5.74, 6) is -0.789. The average molecular weight is 235 g/mol. The van der Waals surface area contributed by atoms with Crippen molar-refractivity contribution in [1.29, 1.82) is 0 Å². The fourth-order valence-electron chi connectivity index (χ4n) is 1.000. The SMILES string of the molecule is C/C(=C\Br)CC(C(=O)O)C(C)C. The number of carbonyl (C=O) groups is 1. The summed E-state index contributed by atoms with van der Waals surface area (Å²) in [5, 5.41) is 8.85. The van der Waals surface area contributed by atoms with Crippen molar-refractivity contribution in [3.63, 3.8) is 0 Å². The van der Waals surface area contributed by atoms with Crippen LogP contribution in [0.25, 0.3) is 0 Å². The van der Waals surface area contributed by atoms with Crippen molar-refractivity contribution < 1.29 is 9.90 Å². The number of aliphatic carboxylic acids is 1. The lowest BCUT2D eigenvalue weighted by atomic mass is 9.90. The third-order valence-corrected chi connectivity index (χ3v) is 2.63. The van der Waals surface area contributed by atoms with Crippen molar-refractivity contribution in [2.75, 3.05) is 0 Å². The lowest BCUT2D eigenvalue weighted by Crippen LogP contribution is -2.19. The molecule has 1 unspecified atom stereocenters. The first-order chi connectivity index (χ1) is 5.49. The van der Waals surface area contributed by atoms with Gasteiger partial charge in [0.05, 0.1) is 5.92 Å². The summed E-state index contributed by atoms with van der Waals surface area (Å²) in [6.07, 6.45) is 0.623. The van der Waals surface area contributed by atoms with Gasteiger partial charge < -0.3 is 5.11 Å². The summed E-state index contributed by atoms with van der Waals surface area (Å²) in [5.41, 5.74) is 1.07. The van der Waals surface area contributed by atoms with Crippen LogP contribution in [0, 0.1) is 11.8 Å². The second-order valence-corrected chi connectivity index (χ2v) is 3.81. The molecular weight excluding hydrogens is 220 g/mol. The van der Waals surface area contributed by atoms with Crippen LogP contribution in [0.3, 0.4) is 0 Å². The van der Waals surface area contributed by atoms with Crippen LogP contribution in [-0.4, -0.2) is 11.1 Å². The van der Waals surface area contributed by atoms with Crippen molar-refractivity contribution in [3.8, 4) is 0 Å². The van der Waals surface area contributed by atoms with Gasteiger partial charge in [-0.3, -0.25) is 4.79 Å². The molecule has 0 aliphatic heterocycles. The Balaban J connectivity index is 4.24. The summed E-state index contributed by atoms with van der Waals surface area (Å²) in [4.78, 5) is 12.5. The van der Waals surface area contributed by atoms with Crippen molar-refractivity contribution in [2.45, 2.75) is 27.2 Å². The molecule has 0 bridgehead atoms. The van der Waals surface area contributed by atoms with E-state index in [4.69, 9.17) is 5.11 Å². The third-order valence-electron chi connectivity index (χ3n) is 1.85. The first-order valence-corrected chi connectivity index (χ1v) is 4.89. The highest BCUT2D eigenvalue weighted by molar-refractivity contribution is 9.11. The normalized spacial score (nSPS) is 14.9. The summed E-state index contributed by atoms with van der Waals surface area (Å²) >= 11 is 3.19. The Hall–Kier alpha value is -0.310. The van der Waals surface area contributed by atoms with E-state index >= 15 is 0 Å². The molecule has 1 atom stereocenters. The molecule has 0 spiro atoms. The molecule has 0 aromatic heterocycles. The van der Waals surface area contributed by atoms with Crippen molar-refractivity contribution >= 4 is 21.9 Å². The predicted octanol–water partition coefficient (Wildman–Crippen LogP) is 3.03. The summed E-state index contributed by atoms with van der Waals surface area (Å²) in [6.45, 7) is 5.79. The topological polar surface area (TPSA) is 37.3 Å². The minimum Gasteiger partial charge on any atom is -0.481 e. The molecule has 0 heterocycles. The lowest BCUT2D eigenvalue weighted by Gasteiger charge is -2.15. The number of hydrogen-bond donors (Lipinski definition) is 1. The van der Waals surface area contributed by atoms with Crippen molar-refractivity contribution in [2.24, 2.45) is 11.8 Å². The Morgan fingerprint density at radius 1 is 1.58 bits per heavy atom. The van der Waals surface area contributed by atoms with E-state index in [0.29, 0.717) is 6.42 Å². The number of carboxylic acids is 1. The van der Waals surface area contributed by atoms with E-state index in [2.05, 4.69) is 15.9 Å². The van der Waals surface area contributed by atoms with Crippen LogP contribution >= 0.6 is 15.9 Å².